The highest BCUT2D eigenvalue weighted by Crippen LogP contribution is 2.23. The summed E-state index contributed by atoms with van der Waals surface area (Å²) in [5, 5.41) is 18.6. The second-order valence-electron chi connectivity index (χ2n) is 4.41. The molecule has 88 valence electrons. The van der Waals surface area contributed by atoms with E-state index in [0.29, 0.717) is 5.92 Å². The van der Waals surface area contributed by atoms with Crippen LogP contribution in [0.4, 0.5) is 5.82 Å². The molecule has 0 aliphatic carbocycles. The standard InChI is InChI=1S/C12H18N2O2/c1-9(16)11-2-4-13-12(6-11)14-5-3-10(7-14)8-15/h2,4,6,9-10,15-16H,3,5,7-8H2,1H3/t9-,10?/m1/s1. The molecule has 1 aromatic rings. The number of hydrogen-bond donors (Lipinski definition) is 2. The Morgan fingerprint density at radius 3 is 3.06 bits per heavy atom. The summed E-state index contributed by atoms with van der Waals surface area (Å²) in [6.07, 6.45) is 2.28. The molecule has 4 heteroatoms. The Hall–Kier alpha value is -1.13. The van der Waals surface area contributed by atoms with Crippen LogP contribution in [0, 0.1) is 5.92 Å². The SMILES string of the molecule is C[C@@H](O)c1ccnc(N2CCC(CO)C2)c1. The lowest BCUT2D eigenvalue weighted by Crippen LogP contribution is -2.21. The summed E-state index contributed by atoms with van der Waals surface area (Å²) in [5.74, 6) is 1.26. The van der Waals surface area contributed by atoms with Gasteiger partial charge in [0.2, 0.25) is 0 Å². The zero-order valence-corrected chi connectivity index (χ0v) is 9.50. The molecule has 1 aliphatic heterocycles. The zero-order valence-electron chi connectivity index (χ0n) is 9.50. The number of rotatable bonds is 3. The molecule has 1 aliphatic rings. The molecule has 1 saturated heterocycles. The van der Waals surface area contributed by atoms with Crippen molar-refractivity contribution in [3.8, 4) is 0 Å². The molecule has 0 radical (unpaired) electrons. The first kappa shape index (κ1) is 11.4. The molecule has 0 amide bonds. The number of pyridine rings is 1. The highest BCUT2D eigenvalue weighted by molar-refractivity contribution is 5.42. The molecule has 2 rings (SSSR count). The average molecular weight is 222 g/mol. The van der Waals surface area contributed by atoms with Gasteiger partial charge < -0.3 is 15.1 Å². The van der Waals surface area contributed by atoms with Crippen LogP contribution in [0.15, 0.2) is 18.3 Å². The molecule has 2 heterocycles. The molecule has 0 aromatic carbocycles. The van der Waals surface area contributed by atoms with E-state index in [0.717, 1.165) is 30.9 Å². The van der Waals surface area contributed by atoms with Crippen LogP contribution in [0.1, 0.15) is 25.0 Å². The Morgan fingerprint density at radius 2 is 2.44 bits per heavy atom. The number of anilines is 1. The van der Waals surface area contributed by atoms with Crippen molar-refractivity contribution in [1.82, 2.24) is 4.98 Å². The van der Waals surface area contributed by atoms with Crippen molar-refractivity contribution in [2.75, 3.05) is 24.6 Å². The van der Waals surface area contributed by atoms with Crippen molar-refractivity contribution in [2.45, 2.75) is 19.4 Å². The van der Waals surface area contributed by atoms with E-state index in [9.17, 15) is 5.11 Å². The maximum Gasteiger partial charge on any atom is 0.128 e. The highest BCUT2D eigenvalue weighted by atomic mass is 16.3. The van der Waals surface area contributed by atoms with Gasteiger partial charge in [0.15, 0.2) is 0 Å². The summed E-state index contributed by atoms with van der Waals surface area (Å²) >= 11 is 0. The van der Waals surface area contributed by atoms with Gasteiger partial charge in [0.25, 0.3) is 0 Å². The van der Waals surface area contributed by atoms with Crippen molar-refractivity contribution in [1.29, 1.82) is 0 Å². The number of nitrogens with zero attached hydrogens (tertiary/aromatic N) is 2. The van der Waals surface area contributed by atoms with E-state index in [1.807, 2.05) is 12.1 Å². The fraction of sp³-hybridized carbons (Fsp3) is 0.583. The van der Waals surface area contributed by atoms with Crippen molar-refractivity contribution in [3.63, 3.8) is 0 Å². The Kier molecular flexibility index (Phi) is 3.41. The molecule has 0 spiro atoms. The molecule has 1 unspecified atom stereocenters. The van der Waals surface area contributed by atoms with Crippen LogP contribution in [-0.2, 0) is 0 Å². The molecular weight excluding hydrogens is 204 g/mol. The summed E-state index contributed by atoms with van der Waals surface area (Å²) in [7, 11) is 0. The number of aliphatic hydroxyl groups excluding tert-OH is 2. The second-order valence-corrected chi connectivity index (χ2v) is 4.41. The lowest BCUT2D eigenvalue weighted by atomic mass is 10.1. The summed E-state index contributed by atoms with van der Waals surface area (Å²) in [5.41, 5.74) is 0.887. The number of aliphatic hydroxyl groups is 2. The van der Waals surface area contributed by atoms with Gasteiger partial charge in [-0.1, -0.05) is 0 Å². The van der Waals surface area contributed by atoms with Gasteiger partial charge in [-0.25, -0.2) is 4.98 Å². The third kappa shape index (κ3) is 2.33. The van der Waals surface area contributed by atoms with Gasteiger partial charge in [0, 0.05) is 31.8 Å². The third-order valence-electron chi connectivity index (χ3n) is 3.12. The zero-order chi connectivity index (χ0) is 11.5. The first-order valence-electron chi connectivity index (χ1n) is 5.70. The van der Waals surface area contributed by atoms with E-state index in [4.69, 9.17) is 5.11 Å². The first-order chi connectivity index (χ1) is 7.70. The predicted molar refractivity (Wildman–Crippen MR) is 62.3 cm³/mol. The van der Waals surface area contributed by atoms with Gasteiger partial charge in [-0.15, -0.1) is 0 Å². The minimum atomic E-state index is -0.460. The van der Waals surface area contributed by atoms with Gasteiger partial charge in [-0.05, 0) is 31.0 Å². The Labute approximate surface area is 95.5 Å². The summed E-state index contributed by atoms with van der Waals surface area (Å²) in [6, 6.07) is 3.75. The number of hydrogen-bond acceptors (Lipinski definition) is 4. The summed E-state index contributed by atoms with van der Waals surface area (Å²) in [4.78, 5) is 6.47. The fourth-order valence-corrected chi connectivity index (χ4v) is 2.06. The van der Waals surface area contributed by atoms with E-state index < -0.39 is 6.10 Å². The number of aromatic nitrogens is 1. The molecule has 4 nitrogen and oxygen atoms in total. The van der Waals surface area contributed by atoms with Gasteiger partial charge in [-0.3, -0.25) is 0 Å². The van der Waals surface area contributed by atoms with Crippen LogP contribution in [0.5, 0.6) is 0 Å². The van der Waals surface area contributed by atoms with Gasteiger partial charge in [-0.2, -0.15) is 0 Å². The maximum atomic E-state index is 9.50. The van der Waals surface area contributed by atoms with Crippen molar-refractivity contribution in [3.05, 3.63) is 23.9 Å². The van der Waals surface area contributed by atoms with Crippen LogP contribution in [0.3, 0.4) is 0 Å². The molecule has 1 aromatic heterocycles. The van der Waals surface area contributed by atoms with Gasteiger partial charge in [0.05, 0.1) is 6.10 Å². The average Bonchev–Trinajstić information content (AvgIpc) is 2.77. The van der Waals surface area contributed by atoms with Crippen molar-refractivity contribution in [2.24, 2.45) is 5.92 Å². The Balaban J connectivity index is 2.12. The van der Waals surface area contributed by atoms with E-state index in [2.05, 4.69) is 9.88 Å². The molecule has 0 saturated carbocycles. The van der Waals surface area contributed by atoms with E-state index >= 15 is 0 Å². The topological polar surface area (TPSA) is 56.6 Å². The van der Waals surface area contributed by atoms with Gasteiger partial charge >= 0.3 is 0 Å². The van der Waals surface area contributed by atoms with Crippen LogP contribution in [0.25, 0.3) is 0 Å². The molecule has 2 atom stereocenters. The predicted octanol–water partition coefficient (Wildman–Crippen LogP) is 0.954. The van der Waals surface area contributed by atoms with Crippen molar-refractivity contribution < 1.29 is 10.2 Å². The van der Waals surface area contributed by atoms with Crippen LogP contribution in [0.2, 0.25) is 0 Å². The lowest BCUT2D eigenvalue weighted by Gasteiger charge is -2.18. The van der Waals surface area contributed by atoms with Crippen LogP contribution < -0.4 is 4.90 Å². The van der Waals surface area contributed by atoms with E-state index in [-0.39, 0.29) is 6.61 Å². The molecule has 16 heavy (non-hydrogen) atoms. The lowest BCUT2D eigenvalue weighted by molar-refractivity contribution is 0.199. The second kappa shape index (κ2) is 4.80. The van der Waals surface area contributed by atoms with Gasteiger partial charge in [0.1, 0.15) is 5.82 Å². The largest absolute Gasteiger partial charge is 0.396 e. The fourth-order valence-electron chi connectivity index (χ4n) is 2.06. The van der Waals surface area contributed by atoms with E-state index in [1.165, 1.54) is 0 Å². The van der Waals surface area contributed by atoms with Crippen molar-refractivity contribution >= 4 is 5.82 Å². The first-order valence-corrected chi connectivity index (χ1v) is 5.70. The normalized spacial score (nSPS) is 22.4. The minimum Gasteiger partial charge on any atom is -0.396 e. The van der Waals surface area contributed by atoms with Crippen LogP contribution >= 0.6 is 0 Å². The molecule has 0 bridgehead atoms. The molecule has 2 N–H and O–H groups in total. The van der Waals surface area contributed by atoms with Crippen LogP contribution in [-0.4, -0.2) is 34.9 Å². The monoisotopic (exact) mass is 222 g/mol. The Morgan fingerprint density at radius 1 is 1.62 bits per heavy atom. The summed E-state index contributed by atoms with van der Waals surface area (Å²) in [6.45, 7) is 3.78. The molecular formula is C12H18N2O2. The third-order valence-corrected chi connectivity index (χ3v) is 3.12. The smallest absolute Gasteiger partial charge is 0.128 e. The quantitative estimate of drug-likeness (QED) is 0.799. The Bertz CT molecular complexity index is 355. The van der Waals surface area contributed by atoms with E-state index in [1.54, 1.807) is 13.1 Å². The minimum absolute atomic E-state index is 0.243. The summed E-state index contributed by atoms with van der Waals surface area (Å²) < 4.78 is 0. The maximum absolute atomic E-state index is 9.50. The highest BCUT2D eigenvalue weighted by Gasteiger charge is 2.22. The molecule has 1 fully saturated rings.